The summed E-state index contributed by atoms with van der Waals surface area (Å²) >= 11 is 1.62. The van der Waals surface area contributed by atoms with E-state index in [0.717, 1.165) is 48.1 Å². The van der Waals surface area contributed by atoms with Crippen LogP contribution in [-0.2, 0) is 28.3 Å². The molecule has 0 radical (unpaired) electrons. The van der Waals surface area contributed by atoms with Crippen molar-refractivity contribution >= 4 is 23.6 Å². The van der Waals surface area contributed by atoms with Gasteiger partial charge in [0.2, 0.25) is 11.8 Å². The summed E-state index contributed by atoms with van der Waals surface area (Å²) in [6.07, 6.45) is 4.83. The lowest BCUT2D eigenvalue weighted by Crippen LogP contribution is -2.52. The van der Waals surface area contributed by atoms with Gasteiger partial charge in [-0.25, -0.2) is 0 Å². The van der Waals surface area contributed by atoms with E-state index in [9.17, 15) is 9.59 Å². The first-order chi connectivity index (χ1) is 18.0. The van der Waals surface area contributed by atoms with Gasteiger partial charge in [-0.15, -0.1) is 11.8 Å². The lowest BCUT2D eigenvalue weighted by atomic mass is 10.0. The first-order valence-corrected chi connectivity index (χ1v) is 14.5. The number of nitrogens with zero attached hydrogens (tertiary/aromatic N) is 1. The number of aryl methyl sites for hydroxylation is 2. The van der Waals surface area contributed by atoms with Crippen LogP contribution in [0.1, 0.15) is 53.5 Å². The van der Waals surface area contributed by atoms with Crippen LogP contribution >= 0.6 is 11.8 Å². The number of amides is 2. The van der Waals surface area contributed by atoms with Crippen molar-refractivity contribution in [1.29, 1.82) is 0 Å². The van der Waals surface area contributed by atoms with E-state index in [4.69, 9.17) is 0 Å². The number of hydrogen-bond acceptors (Lipinski definition) is 3. The maximum atomic E-state index is 13.8. The molecule has 0 spiro atoms. The van der Waals surface area contributed by atoms with E-state index in [-0.39, 0.29) is 17.9 Å². The molecule has 37 heavy (non-hydrogen) atoms. The minimum Gasteiger partial charge on any atom is -0.352 e. The highest BCUT2D eigenvalue weighted by atomic mass is 32.2. The summed E-state index contributed by atoms with van der Waals surface area (Å²) in [5.74, 6) is 1.07. The Bertz CT molecular complexity index is 1170. The van der Waals surface area contributed by atoms with Gasteiger partial charge in [0.15, 0.2) is 0 Å². The summed E-state index contributed by atoms with van der Waals surface area (Å²) in [5, 5.41) is 3.28. The SMILES string of the molecule is Cc1cccc(CN(C(=O)CSCc2ccccc2C)[C@@H](Cc2ccccc2)C(=O)NC2CCCC2)c1. The molecule has 1 aliphatic rings. The number of rotatable bonds is 11. The molecule has 1 N–H and O–H groups in total. The lowest BCUT2D eigenvalue weighted by molar-refractivity contribution is -0.139. The van der Waals surface area contributed by atoms with E-state index in [2.05, 4.69) is 43.4 Å². The van der Waals surface area contributed by atoms with Crippen molar-refractivity contribution in [2.75, 3.05) is 5.75 Å². The summed E-state index contributed by atoms with van der Waals surface area (Å²) < 4.78 is 0. The number of nitrogens with one attached hydrogen (secondary N) is 1. The number of carbonyl (C=O) groups excluding carboxylic acids is 2. The molecular weight excluding hydrogens is 476 g/mol. The maximum Gasteiger partial charge on any atom is 0.243 e. The highest BCUT2D eigenvalue weighted by molar-refractivity contribution is 7.99. The van der Waals surface area contributed by atoms with Gasteiger partial charge in [-0.05, 0) is 48.9 Å². The van der Waals surface area contributed by atoms with Crippen molar-refractivity contribution in [3.8, 4) is 0 Å². The molecule has 2 amide bonds. The van der Waals surface area contributed by atoms with Crippen LogP contribution in [0.4, 0.5) is 0 Å². The Morgan fingerprint density at radius 3 is 2.35 bits per heavy atom. The van der Waals surface area contributed by atoms with Gasteiger partial charge in [-0.3, -0.25) is 9.59 Å². The molecule has 4 nitrogen and oxygen atoms in total. The van der Waals surface area contributed by atoms with E-state index in [1.807, 2.05) is 59.5 Å². The molecule has 0 unspecified atom stereocenters. The summed E-state index contributed by atoms with van der Waals surface area (Å²) in [4.78, 5) is 29.4. The normalized spacial score (nSPS) is 14.3. The Labute approximate surface area is 225 Å². The first kappa shape index (κ1) is 27.0. The van der Waals surface area contributed by atoms with E-state index >= 15 is 0 Å². The first-order valence-electron chi connectivity index (χ1n) is 13.3. The number of carbonyl (C=O) groups is 2. The standard InChI is InChI=1S/C32H38N2O2S/c1-24-11-10-15-27(19-24)21-34(31(35)23-37-22-28-16-7-6-12-25(28)2)30(20-26-13-4-3-5-14-26)32(36)33-29-17-8-9-18-29/h3-7,10-16,19,29-30H,8-9,17-18,20-23H2,1-2H3,(H,33,36)/t30-/m0/s1. The van der Waals surface area contributed by atoms with Crippen LogP contribution in [0.3, 0.4) is 0 Å². The van der Waals surface area contributed by atoms with E-state index < -0.39 is 6.04 Å². The second kappa shape index (κ2) is 13.5. The summed E-state index contributed by atoms with van der Waals surface area (Å²) in [6, 6.07) is 26.2. The van der Waals surface area contributed by atoms with Gasteiger partial charge in [-0.1, -0.05) is 97.3 Å². The van der Waals surface area contributed by atoms with Crippen LogP contribution in [0.5, 0.6) is 0 Å². The average molecular weight is 515 g/mol. The van der Waals surface area contributed by atoms with Gasteiger partial charge in [-0.2, -0.15) is 0 Å². The second-order valence-corrected chi connectivity index (χ2v) is 11.1. The number of benzene rings is 3. The van der Waals surface area contributed by atoms with Crippen LogP contribution in [0.25, 0.3) is 0 Å². The quantitative estimate of drug-likeness (QED) is 0.330. The summed E-state index contributed by atoms with van der Waals surface area (Å²) in [7, 11) is 0. The van der Waals surface area contributed by atoms with Crippen LogP contribution < -0.4 is 5.32 Å². The maximum absolute atomic E-state index is 13.8. The van der Waals surface area contributed by atoms with Gasteiger partial charge in [0, 0.05) is 24.8 Å². The Hall–Kier alpha value is -3.05. The molecule has 4 rings (SSSR count). The van der Waals surface area contributed by atoms with E-state index in [0.29, 0.717) is 18.7 Å². The Morgan fingerprint density at radius 1 is 0.919 bits per heavy atom. The van der Waals surface area contributed by atoms with Crippen LogP contribution in [0, 0.1) is 13.8 Å². The molecule has 1 fully saturated rings. The monoisotopic (exact) mass is 514 g/mol. The fourth-order valence-electron chi connectivity index (χ4n) is 5.03. The van der Waals surface area contributed by atoms with Crippen molar-refractivity contribution in [2.24, 2.45) is 0 Å². The van der Waals surface area contributed by atoms with Gasteiger partial charge < -0.3 is 10.2 Å². The minimum atomic E-state index is -0.560. The van der Waals surface area contributed by atoms with Crippen molar-refractivity contribution in [2.45, 2.75) is 70.3 Å². The highest BCUT2D eigenvalue weighted by Gasteiger charge is 2.32. The zero-order valence-electron chi connectivity index (χ0n) is 22.0. The Balaban J connectivity index is 1.57. The van der Waals surface area contributed by atoms with Crippen molar-refractivity contribution in [3.63, 3.8) is 0 Å². The third kappa shape index (κ3) is 7.96. The third-order valence-corrected chi connectivity index (χ3v) is 8.12. The molecule has 0 saturated heterocycles. The zero-order valence-corrected chi connectivity index (χ0v) is 22.8. The van der Waals surface area contributed by atoms with Crippen LogP contribution in [0.2, 0.25) is 0 Å². The van der Waals surface area contributed by atoms with Crippen molar-refractivity contribution < 1.29 is 9.59 Å². The molecule has 5 heteroatoms. The van der Waals surface area contributed by atoms with Gasteiger partial charge in [0.25, 0.3) is 0 Å². The smallest absolute Gasteiger partial charge is 0.243 e. The number of thioether (sulfide) groups is 1. The largest absolute Gasteiger partial charge is 0.352 e. The Morgan fingerprint density at radius 2 is 1.62 bits per heavy atom. The average Bonchev–Trinajstić information content (AvgIpc) is 3.41. The molecule has 1 saturated carbocycles. The fourth-order valence-corrected chi connectivity index (χ4v) is 6.02. The second-order valence-electron chi connectivity index (χ2n) is 10.1. The molecule has 3 aromatic rings. The van der Waals surface area contributed by atoms with Crippen LogP contribution in [0.15, 0.2) is 78.9 Å². The Kier molecular flexibility index (Phi) is 9.84. The van der Waals surface area contributed by atoms with Gasteiger partial charge >= 0.3 is 0 Å². The van der Waals surface area contributed by atoms with Gasteiger partial charge in [0.1, 0.15) is 6.04 Å². The molecule has 0 heterocycles. The highest BCUT2D eigenvalue weighted by Crippen LogP contribution is 2.22. The van der Waals surface area contributed by atoms with Crippen molar-refractivity contribution in [3.05, 3.63) is 107 Å². The third-order valence-electron chi connectivity index (χ3n) is 7.15. The lowest BCUT2D eigenvalue weighted by Gasteiger charge is -2.32. The molecule has 0 aliphatic heterocycles. The zero-order chi connectivity index (χ0) is 26.0. The summed E-state index contributed by atoms with van der Waals surface area (Å²) in [6.45, 7) is 4.58. The van der Waals surface area contributed by atoms with Crippen LogP contribution in [-0.4, -0.2) is 34.6 Å². The summed E-state index contributed by atoms with van der Waals surface area (Å²) in [5.41, 5.74) is 5.73. The predicted octanol–water partition coefficient (Wildman–Crippen LogP) is 6.24. The van der Waals surface area contributed by atoms with Gasteiger partial charge in [0.05, 0.1) is 5.75 Å². The minimum absolute atomic E-state index is 0.00240. The number of hydrogen-bond donors (Lipinski definition) is 1. The molecule has 194 valence electrons. The molecular formula is C32H38N2O2S. The fraction of sp³-hybridized carbons (Fsp3) is 0.375. The van der Waals surface area contributed by atoms with E-state index in [1.54, 1.807) is 11.8 Å². The molecule has 1 aliphatic carbocycles. The van der Waals surface area contributed by atoms with Crippen molar-refractivity contribution in [1.82, 2.24) is 10.2 Å². The van der Waals surface area contributed by atoms with E-state index in [1.165, 1.54) is 11.1 Å². The molecule has 0 aromatic heterocycles. The molecule has 3 aromatic carbocycles. The topological polar surface area (TPSA) is 49.4 Å². The molecule has 1 atom stereocenters. The predicted molar refractivity (Wildman–Crippen MR) is 153 cm³/mol. The molecule has 0 bridgehead atoms.